The highest BCUT2D eigenvalue weighted by Gasteiger charge is 2.14. The van der Waals surface area contributed by atoms with Gasteiger partial charge in [-0.3, -0.25) is 9.78 Å². The first-order valence-electron chi connectivity index (χ1n) is 4.44. The first kappa shape index (κ1) is 11.5. The molecule has 2 aromatic rings. The van der Waals surface area contributed by atoms with Gasteiger partial charge >= 0.3 is 0 Å². The monoisotopic (exact) mass is 301 g/mol. The molecule has 0 bridgehead atoms. The molecule has 5 heteroatoms. The van der Waals surface area contributed by atoms with Gasteiger partial charge in [-0.2, -0.15) is 0 Å². The lowest BCUT2D eigenvalue weighted by atomic mass is 10.1. The second-order valence-electron chi connectivity index (χ2n) is 3.36. The van der Waals surface area contributed by atoms with Crippen molar-refractivity contribution in [3.05, 3.63) is 38.7 Å². The van der Waals surface area contributed by atoms with Crippen LogP contribution in [0.2, 0.25) is 5.02 Å². The Morgan fingerprint density at radius 1 is 1.56 bits per heavy atom. The summed E-state index contributed by atoms with van der Waals surface area (Å²) in [5, 5.41) is 0.680. The fourth-order valence-electron chi connectivity index (χ4n) is 1.47. The summed E-state index contributed by atoms with van der Waals surface area (Å²) in [7, 11) is 0. The zero-order valence-electron chi connectivity index (χ0n) is 8.22. The number of rotatable bonds is 1. The minimum absolute atomic E-state index is 0.160. The van der Waals surface area contributed by atoms with E-state index in [0.717, 1.165) is 0 Å². The second kappa shape index (κ2) is 4.11. The lowest BCUT2D eigenvalue weighted by Crippen LogP contribution is -1.93. The van der Waals surface area contributed by atoms with Gasteiger partial charge in [0.25, 0.3) is 0 Å². The van der Waals surface area contributed by atoms with Crippen LogP contribution in [0.15, 0.2) is 16.7 Å². The fraction of sp³-hybridized carbons (Fsp3) is 0.0909. The van der Waals surface area contributed by atoms with Crippen molar-refractivity contribution < 1.29 is 9.18 Å². The molecule has 0 N–H and O–H groups in total. The Morgan fingerprint density at radius 2 is 2.25 bits per heavy atom. The molecule has 0 saturated heterocycles. The van der Waals surface area contributed by atoms with Crippen LogP contribution >= 0.6 is 27.5 Å². The molecule has 0 saturated carbocycles. The van der Waals surface area contributed by atoms with Gasteiger partial charge in [-0.05, 0) is 34.5 Å². The van der Waals surface area contributed by atoms with Gasteiger partial charge in [0.2, 0.25) is 0 Å². The number of carbonyl (C=O) groups excluding carboxylic acids is 1. The number of pyridine rings is 1. The predicted molar refractivity (Wildman–Crippen MR) is 64.5 cm³/mol. The Balaban J connectivity index is 2.96. The van der Waals surface area contributed by atoms with Crippen molar-refractivity contribution in [3.63, 3.8) is 0 Å². The number of halogens is 3. The second-order valence-corrected chi connectivity index (χ2v) is 4.53. The summed E-state index contributed by atoms with van der Waals surface area (Å²) in [6.07, 6.45) is 1.87. The number of hydrogen-bond donors (Lipinski definition) is 0. The van der Waals surface area contributed by atoms with E-state index in [2.05, 4.69) is 20.9 Å². The molecular weight excluding hydrogens is 296 g/mol. The molecule has 1 aromatic heterocycles. The number of aromatic nitrogens is 1. The molecule has 16 heavy (non-hydrogen) atoms. The van der Waals surface area contributed by atoms with Crippen molar-refractivity contribution in [2.24, 2.45) is 0 Å². The van der Waals surface area contributed by atoms with Gasteiger partial charge < -0.3 is 0 Å². The average Bonchev–Trinajstić information content (AvgIpc) is 2.28. The molecule has 0 fully saturated rings. The van der Waals surface area contributed by atoms with E-state index < -0.39 is 5.82 Å². The molecule has 0 aliphatic rings. The van der Waals surface area contributed by atoms with Crippen molar-refractivity contribution in [1.82, 2.24) is 4.98 Å². The molecule has 0 aliphatic carbocycles. The zero-order chi connectivity index (χ0) is 11.9. The first-order valence-corrected chi connectivity index (χ1v) is 5.61. The van der Waals surface area contributed by atoms with Crippen molar-refractivity contribution in [3.8, 4) is 0 Å². The van der Waals surface area contributed by atoms with Crippen molar-refractivity contribution in [2.45, 2.75) is 6.92 Å². The maximum Gasteiger partial charge on any atom is 0.163 e. The van der Waals surface area contributed by atoms with Crippen LogP contribution in [0.5, 0.6) is 0 Å². The molecule has 1 aromatic carbocycles. The number of carbonyl (C=O) groups is 1. The van der Waals surface area contributed by atoms with Crippen LogP contribution in [0.1, 0.15) is 15.9 Å². The Labute approximate surface area is 105 Å². The summed E-state index contributed by atoms with van der Waals surface area (Å²) < 4.78 is 14.2. The summed E-state index contributed by atoms with van der Waals surface area (Å²) in [6.45, 7) is 1.75. The van der Waals surface area contributed by atoms with Gasteiger partial charge in [0.1, 0.15) is 5.52 Å². The van der Waals surface area contributed by atoms with Crippen LogP contribution in [0.25, 0.3) is 10.9 Å². The van der Waals surface area contributed by atoms with E-state index in [1.807, 2.05) is 0 Å². The Hall–Kier alpha value is -1.00. The average molecular weight is 303 g/mol. The molecule has 0 aliphatic heterocycles. The van der Waals surface area contributed by atoms with Crippen molar-refractivity contribution in [1.29, 1.82) is 0 Å². The normalized spacial score (nSPS) is 10.8. The molecule has 0 radical (unpaired) electrons. The van der Waals surface area contributed by atoms with Crippen LogP contribution in [-0.4, -0.2) is 11.3 Å². The Morgan fingerprint density at radius 3 is 2.88 bits per heavy atom. The Kier molecular flexibility index (Phi) is 2.95. The van der Waals surface area contributed by atoms with Gasteiger partial charge in [-0.25, -0.2) is 4.39 Å². The predicted octanol–water partition coefficient (Wildman–Crippen LogP) is 3.91. The largest absolute Gasteiger partial charge is 0.298 e. The van der Waals surface area contributed by atoms with E-state index in [0.29, 0.717) is 21.7 Å². The molecule has 2 rings (SSSR count). The van der Waals surface area contributed by atoms with Gasteiger partial charge in [0.05, 0.1) is 15.1 Å². The van der Waals surface area contributed by atoms with E-state index in [1.54, 1.807) is 13.0 Å². The summed E-state index contributed by atoms with van der Waals surface area (Å²) >= 11 is 9.12. The quantitative estimate of drug-likeness (QED) is 0.748. The highest BCUT2D eigenvalue weighted by atomic mass is 79.9. The first-order chi connectivity index (χ1) is 7.56. The summed E-state index contributed by atoms with van der Waals surface area (Å²) in [4.78, 5) is 14.6. The van der Waals surface area contributed by atoms with Gasteiger partial charge in [0, 0.05) is 11.6 Å². The van der Waals surface area contributed by atoms with E-state index in [1.165, 1.54) is 6.20 Å². The standard InChI is InChI=1S/C11H6BrClFNO/c1-5-2-7-9(13)6(4-16)3-15-11(7)10(14)8(5)12/h2-4H,1H3. The molecule has 0 spiro atoms. The van der Waals surface area contributed by atoms with Crippen LogP contribution < -0.4 is 0 Å². The molecule has 1 heterocycles. The van der Waals surface area contributed by atoms with E-state index in [-0.39, 0.29) is 16.1 Å². The summed E-state index contributed by atoms with van der Waals surface area (Å²) in [5.41, 5.74) is 1.13. The minimum Gasteiger partial charge on any atom is -0.298 e. The van der Waals surface area contributed by atoms with Crippen LogP contribution in [0.3, 0.4) is 0 Å². The highest BCUT2D eigenvalue weighted by molar-refractivity contribution is 9.10. The maximum absolute atomic E-state index is 13.8. The maximum atomic E-state index is 13.8. The third kappa shape index (κ3) is 1.62. The number of fused-ring (bicyclic) bond motifs is 1. The number of hydrogen-bond acceptors (Lipinski definition) is 2. The third-order valence-corrected chi connectivity index (χ3v) is 3.71. The van der Waals surface area contributed by atoms with Crippen molar-refractivity contribution in [2.75, 3.05) is 0 Å². The highest BCUT2D eigenvalue weighted by Crippen LogP contribution is 2.32. The van der Waals surface area contributed by atoms with Gasteiger partial charge in [0.15, 0.2) is 12.1 Å². The zero-order valence-corrected chi connectivity index (χ0v) is 10.6. The number of aldehydes is 1. The Bertz CT molecular complexity index is 600. The number of nitrogens with zero attached hydrogens (tertiary/aromatic N) is 1. The molecule has 0 unspecified atom stereocenters. The fourth-order valence-corrected chi connectivity index (χ4v) is 2.01. The topological polar surface area (TPSA) is 30.0 Å². The molecule has 0 amide bonds. The minimum atomic E-state index is -0.464. The smallest absolute Gasteiger partial charge is 0.163 e. The number of aryl methyl sites for hydroxylation is 1. The van der Waals surface area contributed by atoms with Gasteiger partial charge in [-0.1, -0.05) is 11.6 Å². The number of benzene rings is 1. The summed E-state index contributed by atoms with van der Waals surface area (Å²) in [6, 6.07) is 1.70. The molecule has 82 valence electrons. The van der Waals surface area contributed by atoms with Crippen LogP contribution in [0, 0.1) is 12.7 Å². The SMILES string of the molecule is Cc1cc2c(Cl)c(C=O)cnc2c(F)c1Br. The molecule has 0 atom stereocenters. The van der Waals surface area contributed by atoms with E-state index >= 15 is 0 Å². The summed E-state index contributed by atoms with van der Waals surface area (Å²) in [5.74, 6) is -0.464. The third-order valence-electron chi connectivity index (χ3n) is 2.31. The lowest BCUT2D eigenvalue weighted by Gasteiger charge is -2.07. The van der Waals surface area contributed by atoms with Crippen LogP contribution in [-0.2, 0) is 0 Å². The molecular formula is C11H6BrClFNO. The molecule has 2 nitrogen and oxygen atoms in total. The van der Waals surface area contributed by atoms with E-state index in [4.69, 9.17) is 11.6 Å². The van der Waals surface area contributed by atoms with Gasteiger partial charge in [-0.15, -0.1) is 0 Å². The van der Waals surface area contributed by atoms with E-state index in [9.17, 15) is 9.18 Å². The van der Waals surface area contributed by atoms with Crippen molar-refractivity contribution >= 4 is 44.7 Å². The van der Waals surface area contributed by atoms with Crippen LogP contribution in [0.4, 0.5) is 4.39 Å². The lowest BCUT2D eigenvalue weighted by molar-refractivity contribution is 0.112.